The summed E-state index contributed by atoms with van der Waals surface area (Å²) in [6, 6.07) is 7.64. The van der Waals surface area contributed by atoms with Crippen LogP contribution in [0.1, 0.15) is 19.3 Å². The van der Waals surface area contributed by atoms with Gasteiger partial charge in [0.1, 0.15) is 0 Å². The molecule has 1 aliphatic rings. The average Bonchev–Trinajstić information content (AvgIpc) is 2.89. The molecule has 20 heavy (non-hydrogen) atoms. The first-order chi connectivity index (χ1) is 9.74. The lowest BCUT2D eigenvalue weighted by Gasteiger charge is -2.25. The maximum Gasteiger partial charge on any atom is 0.315 e. The first-order valence-electron chi connectivity index (χ1n) is 6.70. The van der Waals surface area contributed by atoms with Gasteiger partial charge in [-0.1, -0.05) is 23.5 Å². The Morgan fingerprint density at radius 1 is 1.15 bits per heavy atom. The number of rotatable bonds is 1. The minimum absolute atomic E-state index is 0.455. The van der Waals surface area contributed by atoms with Gasteiger partial charge in [0.05, 0.1) is 10.2 Å². The fourth-order valence-corrected chi connectivity index (χ4v) is 3.18. The summed E-state index contributed by atoms with van der Waals surface area (Å²) in [7, 11) is 0. The van der Waals surface area contributed by atoms with Crippen LogP contribution in [0.4, 0.5) is 5.13 Å². The van der Waals surface area contributed by atoms with Gasteiger partial charge >= 0.3 is 11.8 Å². The molecular weight excluding hydrogens is 274 g/mol. The van der Waals surface area contributed by atoms with Crippen molar-refractivity contribution in [3.63, 3.8) is 0 Å². The van der Waals surface area contributed by atoms with Gasteiger partial charge < -0.3 is 4.90 Å². The summed E-state index contributed by atoms with van der Waals surface area (Å²) in [5.41, 5.74) is 0.832. The van der Waals surface area contributed by atoms with Crippen molar-refractivity contribution in [2.75, 3.05) is 18.4 Å². The van der Waals surface area contributed by atoms with Gasteiger partial charge in [-0.05, 0) is 31.4 Å². The molecule has 2 heterocycles. The van der Waals surface area contributed by atoms with E-state index >= 15 is 0 Å². The number of likely N-dealkylation sites (tertiary alicyclic amines) is 1. The number of piperidine rings is 1. The predicted octanol–water partition coefficient (Wildman–Crippen LogP) is 2.25. The van der Waals surface area contributed by atoms with Crippen molar-refractivity contribution in [3.8, 4) is 0 Å². The molecule has 104 valence electrons. The molecule has 1 saturated heterocycles. The van der Waals surface area contributed by atoms with Gasteiger partial charge in [0.25, 0.3) is 0 Å². The summed E-state index contributed by atoms with van der Waals surface area (Å²) >= 11 is 1.38. The van der Waals surface area contributed by atoms with E-state index in [9.17, 15) is 9.59 Å². The molecule has 0 bridgehead atoms. The number of hydrogen-bond donors (Lipinski definition) is 1. The Balaban J connectivity index is 1.70. The first kappa shape index (κ1) is 13.1. The van der Waals surface area contributed by atoms with Gasteiger partial charge in [-0.25, -0.2) is 4.98 Å². The van der Waals surface area contributed by atoms with Gasteiger partial charge in [-0.2, -0.15) is 0 Å². The molecule has 5 nitrogen and oxygen atoms in total. The quantitative estimate of drug-likeness (QED) is 0.819. The molecule has 1 fully saturated rings. The lowest BCUT2D eigenvalue weighted by Crippen LogP contribution is -2.42. The van der Waals surface area contributed by atoms with Crippen LogP contribution in [0.5, 0.6) is 0 Å². The molecule has 6 heteroatoms. The number of nitrogens with one attached hydrogen (secondary N) is 1. The minimum atomic E-state index is -0.592. The Bertz CT molecular complexity index is 614. The van der Waals surface area contributed by atoms with Crippen molar-refractivity contribution in [1.29, 1.82) is 0 Å². The Morgan fingerprint density at radius 2 is 1.90 bits per heavy atom. The van der Waals surface area contributed by atoms with Crippen LogP contribution in [-0.2, 0) is 9.59 Å². The number of anilines is 1. The van der Waals surface area contributed by atoms with Crippen molar-refractivity contribution >= 4 is 38.5 Å². The summed E-state index contributed by atoms with van der Waals surface area (Å²) in [4.78, 5) is 29.9. The van der Waals surface area contributed by atoms with E-state index < -0.39 is 11.8 Å². The molecule has 1 N–H and O–H groups in total. The third-order valence-electron chi connectivity index (χ3n) is 3.35. The van der Waals surface area contributed by atoms with Crippen LogP contribution in [0.15, 0.2) is 24.3 Å². The van der Waals surface area contributed by atoms with Crippen LogP contribution >= 0.6 is 11.3 Å². The maximum absolute atomic E-state index is 12.0. The number of thiazole rings is 1. The van der Waals surface area contributed by atoms with Crippen LogP contribution in [0.3, 0.4) is 0 Å². The third-order valence-corrected chi connectivity index (χ3v) is 4.30. The van der Waals surface area contributed by atoms with E-state index in [1.165, 1.54) is 11.3 Å². The van der Waals surface area contributed by atoms with Gasteiger partial charge in [0.15, 0.2) is 5.13 Å². The molecule has 0 radical (unpaired) electrons. The van der Waals surface area contributed by atoms with E-state index in [0.29, 0.717) is 18.2 Å². The van der Waals surface area contributed by atoms with E-state index in [1.54, 1.807) is 4.90 Å². The zero-order chi connectivity index (χ0) is 13.9. The first-order valence-corrected chi connectivity index (χ1v) is 7.51. The fourth-order valence-electron chi connectivity index (χ4n) is 2.32. The summed E-state index contributed by atoms with van der Waals surface area (Å²) in [5, 5.41) is 3.08. The van der Waals surface area contributed by atoms with Crippen LogP contribution in [0, 0.1) is 0 Å². The van der Waals surface area contributed by atoms with Crippen molar-refractivity contribution in [2.45, 2.75) is 19.3 Å². The molecule has 3 rings (SSSR count). The Morgan fingerprint density at radius 3 is 2.65 bits per heavy atom. The number of hydrogen-bond acceptors (Lipinski definition) is 4. The van der Waals surface area contributed by atoms with E-state index in [0.717, 1.165) is 29.5 Å². The highest BCUT2D eigenvalue weighted by Crippen LogP contribution is 2.25. The summed E-state index contributed by atoms with van der Waals surface area (Å²) < 4.78 is 0.994. The number of carbonyl (C=O) groups excluding carboxylic acids is 2. The minimum Gasteiger partial charge on any atom is -0.334 e. The van der Waals surface area contributed by atoms with Crippen molar-refractivity contribution in [1.82, 2.24) is 9.88 Å². The Labute approximate surface area is 120 Å². The van der Waals surface area contributed by atoms with Crippen LogP contribution in [0.25, 0.3) is 10.2 Å². The smallest absolute Gasteiger partial charge is 0.315 e. The lowest BCUT2D eigenvalue weighted by molar-refractivity contribution is -0.143. The molecule has 0 spiro atoms. The summed E-state index contributed by atoms with van der Waals surface area (Å²) in [6.45, 7) is 1.35. The molecular formula is C14H15N3O2S. The predicted molar refractivity (Wildman–Crippen MR) is 78.7 cm³/mol. The molecule has 0 unspecified atom stereocenters. The van der Waals surface area contributed by atoms with E-state index in [4.69, 9.17) is 0 Å². The van der Waals surface area contributed by atoms with E-state index in [2.05, 4.69) is 10.3 Å². The highest BCUT2D eigenvalue weighted by atomic mass is 32.1. The fraction of sp³-hybridized carbons (Fsp3) is 0.357. The van der Waals surface area contributed by atoms with Crippen molar-refractivity contribution < 1.29 is 9.59 Å². The number of benzene rings is 1. The standard InChI is InChI=1S/C14H15N3O2S/c18-12(13(19)17-8-4-1-5-9-17)16-14-15-10-6-2-3-7-11(10)20-14/h2-3,6-7H,1,4-5,8-9H2,(H,15,16,18). The third kappa shape index (κ3) is 2.65. The molecule has 1 aliphatic heterocycles. The Hall–Kier alpha value is -1.95. The molecule has 0 aliphatic carbocycles. The highest BCUT2D eigenvalue weighted by molar-refractivity contribution is 7.22. The van der Waals surface area contributed by atoms with Gasteiger partial charge in [-0.3, -0.25) is 14.9 Å². The SMILES string of the molecule is O=C(Nc1nc2ccccc2s1)C(=O)N1CCCCC1. The van der Waals surface area contributed by atoms with Gasteiger partial charge in [0.2, 0.25) is 0 Å². The van der Waals surface area contributed by atoms with Gasteiger partial charge in [-0.15, -0.1) is 0 Å². The van der Waals surface area contributed by atoms with Crippen LogP contribution in [0.2, 0.25) is 0 Å². The van der Waals surface area contributed by atoms with E-state index in [1.807, 2.05) is 24.3 Å². The van der Waals surface area contributed by atoms with Crippen molar-refractivity contribution in [2.24, 2.45) is 0 Å². The second-order valence-corrected chi connectivity index (χ2v) is 5.82. The largest absolute Gasteiger partial charge is 0.334 e. The topological polar surface area (TPSA) is 62.3 Å². The lowest BCUT2D eigenvalue weighted by atomic mass is 10.1. The average molecular weight is 289 g/mol. The molecule has 0 saturated carbocycles. The summed E-state index contributed by atoms with van der Waals surface area (Å²) in [6.07, 6.45) is 3.07. The Kier molecular flexibility index (Phi) is 3.64. The number of para-hydroxylation sites is 1. The monoisotopic (exact) mass is 289 g/mol. The highest BCUT2D eigenvalue weighted by Gasteiger charge is 2.24. The second-order valence-electron chi connectivity index (χ2n) is 4.79. The second kappa shape index (κ2) is 5.58. The van der Waals surface area contributed by atoms with Crippen LogP contribution < -0.4 is 5.32 Å². The zero-order valence-corrected chi connectivity index (χ0v) is 11.8. The maximum atomic E-state index is 12.0. The molecule has 1 aromatic carbocycles. The van der Waals surface area contributed by atoms with Crippen LogP contribution in [-0.4, -0.2) is 34.8 Å². The number of aromatic nitrogens is 1. The molecule has 1 aromatic heterocycles. The van der Waals surface area contributed by atoms with Gasteiger partial charge in [0, 0.05) is 13.1 Å². The number of amides is 2. The molecule has 2 aromatic rings. The number of nitrogens with zero attached hydrogens (tertiary/aromatic N) is 2. The normalized spacial score (nSPS) is 15.3. The number of fused-ring (bicyclic) bond motifs is 1. The zero-order valence-electron chi connectivity index (χ0n) is 11.0. The number of carbonyl (C=O) groups is 2. The van der Waals surface area contributed by atoms with E-state index in [-0.39, 0.29) is 0 Å². The van der Waals surface area contributed by atoms with Crippen molar-refractivity contribution in [3.05, 3.63) is 24.3 Å². The molecule has 0 atom stereocenters. The summed E-state index contributed by atoms with van der Waals surface area (Å²) in [5.74, 6) is -1.05. The molecule has 2 amide bonds.